The minimum Gasteiger partial charge on any atom is -0.497 e. The van der Waals surface area contributed by atoms with Gasteiger partial charge in [-0.15, -0.1) is 0 Å². The van der Waals surface area contributed by atoms with Gasteiger partial charge in [-0.25, -0.2) is 4.79 Å². The number of ether oxygens (including phenoxy) is 3. The number of hydrogen-bond donors (Lipinski definition) is 2. The van der Waals surface area contributed by atoms with Crippen molar-refractivity contribution in [2.45, 2.75) is 18.9 Å². The van der Waals surface area contributed by atoms with Crippen molar-refractivity contribution < 1.29 is 37.3 Å². The summed E-state index contributed by atoms with van der Waals surface area (Å²) in [4.78, 5) is 8.90. The number of alkyl halides is 3. The molecule has 1 aliphatic rings. The molecule has 1 saturated heterocycles. The summed E-state index contributed by atoms with van der Waals surface area (Å²) in [5, 5.41) is 10.3. The molecule has 1 aliphatic heterocycles. The summed E-state index contributed by atoms with van der Waals surface area (Å²) in [5.74, 6) is -1.16. The third-order valence-corrected chi connectivity index (χ3v) is 2.88. The molecule has 0 saturated carbocycles. The summed E-state index contributed by atoms with van der Waals surface area (Å²) in [7, 11) is 3.30. The zero-order valence-electron chi connectivity index (χ0n) is 12.6. The van der Waals surface area contributed by atoms with Crippen LogP contribution in [0.5, 0.6) is 11.5 Å². The van der Waals surface area contributed by atoms with Crippen LogP contribution < -0.4 is 14.8 Å². The quantitative estimate of drug-likeness (QED) is 0.854. The molecule has 0 aliphatic carbocycles. The Kier molecular flexibility index (Phi) is 7.11. The Balaban J connectivity index is 0.000000322. The zero-order valence-corrected chi connectivity index (χ0v) is 12.6. The number of methoxy groups -OCH3 is 2. The predicted molar refractivity (Wildman–Crippen MR) is 74.7 cm³/mol. The Morgan fingerprint density at radius 2 is 1.70 bits per heavy atom. The van der Waals surface area contributed by atoms with Crippen LogP contribution in [0.3, 0.4) is 0 Å². The van der Waals surface area contributed by atoms with E-state index in [-0.39, 0.29) is 0 Å². The first-order chi connectivity index (χ1) is 10.8. The van der Waals surface area contributed by atoms with Gasteiger partial charge in [-0.1, -0.05) is 0 Å². The fourth-order valence-corrected chi connectivity index (χ4v) is 1.54. The number of hydrogen-bond acceptors (Lipinski definition) is 5. The van der Waals surface area contributed by atoms with Crippen molar-refractivity contribution in [2.24, 2.45) is 0 Å². The molecule has 130 valence electrons. The van der Waals surface area contributed by atoms with Crippen molar-refractivity contribution in [3.05, 3.63) is 23.8 Å². The van der Waals surface area contributed by atoms with E-state index in [1.807, 2.05) is 18.2 Å². The van der Waals surface area contributed by atoms with Crippen molar-refractivity contribution in [3.63, 3.8) is 0 Å². The average molecular weight is 337 g/mol. The second kappa shape index (κ2) is 8.59. The molecule has 23 heavy (non-hydrogen) atoms. The van der Waals surface area contributed by atoms with Gasteiger partial charge in [0.15, 0.2) is 0 Å². The summed E-state index contributed by atoms with van der Waals surface area (Å²) in [5.41, 5.74) is 1.07. The highest BCUT2D eigenvalue weighted by Gasteiger charge is 2.38. The van der Waals surface area contributed by atoms with Crippen LogP contribution in [-0.4, -0.2) is 50.7 Å². The van der Waals surface area contributed by atoms with Gasteiger partial charge in [-0.2, -0.15) is 13.2 Å². The smallest absolute Gasteiger partial charge is 0.490 e. The van der Waals surface area contributed by atoms with Crippen LogP contribution in [0.25, 0.3) is 0 Å². The van der Waals surface area contributed by atoms with Crippen LogP contribution in [0.15, 0.2) is 18.2 Å². The van der Waals surface area contributed by atoms with Gasteiger partial charge in [0.2, 0.25) is 0 Å². The molecule has 2 rings (SSSR count). The Morgan fingerprint density at radius 3 is 2.00 bits per heavy atom. The average Bonchev–Trinajstić information content (AvgIpc) is 2.44. The molecule has 6 nitrogen and oxygen atoms in total. The summed E-state index contributed by atoms with van der Waals surface area (Å²) in [6, 6.07) is 5.79. The first-order valence-electron chi connectivity index (χ1n) is 6.60. The molecular formula is C14H18F3NO5. The van der Waals surface area contributed by atoms with Crippen LogP contribution >= 0.6 is 0 Å². The van der Waals surface area contributed by atoms with Gasteiger partial charge in [0, 0.05) is 19.2 Å². The van der Waals surface area contributed by atoms with Gasteiger partial charge in [0.05, 0.1) is 26.9 Å². The molecule has 1 heterocycles. The van der Waals surface area contributed by atoms with Gasteiger partial charge >= 0.3 is 12.1 Å². The number of halogens is 3. The molecule has 1 aromatic carbocycles. The third kappa shape index (κ3) is 6.74. The monoisotopic (exact) mass is 337 g/mol. The van der Waals surface area contributed by atoms with Crippen LogP contribution in [-0.2, 0) is 16.1 Å². The molecule has 0 bridgehead atoms. The van der Waals surface area contributed by atoms with Gasteiger partial charge in [-0.3, -0.25) is 0 Å². The lowest BCUT2D eigenvalue weighted by Crippen LogP contribution is -2.48. The van der Waals surface area contributed by atoms with Crippen molar-refractivity contribution in [1.82, 2.24) is 5.32 Å². The van der Waals surface area contributed by atoms with Gasteiger partial charge < -0.3 is 24.6 Å². The Bertz CT molecular complexity index is 495. The van der Waals surface area contributed by atoms with E-state index in [4.69, 9.17) is 24.1 Å². The molecule has 0 amide bonds. The second-order valence-corrected chi connectivity index (χ2v) is 4.62. The highest BCUT2D eigenvalue weighted by atomic mass is 19.4. The summed E-state index contributed by atoms with van der Waals surface area (Å²) in [6.07, 6.45) is -4.74. The van der Waals surface area contributed by atoms with E-state index >= 15 is 0 Å². The summed E-state index contributed by atoms with van der Waals surface area (Å²) < 4.78 is 47.8. The fraction of sp³-hybridized carbons (Fsp3) is 0.500. The topological polar surface area (TPSA) is 77.0 Å². The lowest BCUT2D eigenvalue weighted by atomic mass is 10.2. The maximum atomic E-state index is 10.6. The highest BCUT2D eigenvalue weighted by molar-refractivity contribution is 5.73. The lowest BCUT2D eigenvalue weighted by molar-refractivity contribution is -0.192. The number of aliphatic carboxylic acids is 1. The minimum absolute atomic E-state index is 0.345. The van der Waals surface area contributed by atoms with Crippen LogP contribution in [0, 0.1) is 0 Å². The molecule has 0 atom stereocenters. The summed E-state index contributed by atoms with van der Waals surface area (Å²) in [6.45, 7) is 2.49. The number of carboxylic acids is 1. The van der Waals surface area contributed by atoms with Crippen molar-refractivity contribution in [2.75, 3.05) is 27.3 Å². The lowest BCUT2D eigenvalue weighted by Gasteiger charge is -2.27. The maximum absolute atomic E-state index is 10.6. The molecule has 0 radical (unpaired) electrons. The number of nitrogens with one attached hydrogen (secondary N) is 1. The number of rotatable bonds is 5. The highest BCUT2D eigenvalue weighted by Crippen LogP contribution is 2.23. The molecule has 0 aromatic heterocycles. The molecule has 0 spiro atoms. The van der Waals surface area contributed by atoms with Crippen molar-refractivity contribution in [1.29, 1.82) is 0 Å². The van der Waals surface area contributed by atoms with Gasteiger partial charge in [0.25, 0.3) is 0 Å². The Labute approximate surface area is 131 Å². The Morgan fingerprint density at radius 1 is 1.22 bits per heavy atom. The number of carbonyl (C=O) groups is 1. The molecule has 1 fully saturated rings. The number of carboxylic acid groups (broad SMARTS) is 1. The van der Waals surface area contributed by atoms with Crippen molar-refractivity contribution >= 4 is 5.97 Å². The molecular weight excluding hydrogens is 319 g/mol. The fourth-order valence-electron chi connectivity index (χ4n) is 1.54. The van der Waals surface area contributed by atoms with Crippen LogP contribution in [0.2, 0.25) is 0 Å². The largest absolute Gasteiger partial charge is 0.497 e. The predicted octanol–water partition coefficient (Wildman–Crippen LogP) is 1.83. The van der Waals surface area contributed by atoms with E-state index in [2.05, 4.69) is 5.32 Å². The van der Waals surface area contributed by atoms with Crippen LogP contribution in [0.1, 0.15) is 5.56 Å². The standard InChI is InChI=1S/C12H17NO3.C2HF3O2/c1-14-10-3-9(4-11(5-10)15-2)8-16-12-6-13-7-12;3-2(4,5)1(6)7/h3-5,12-13H,6-8H2,1-2H3;(H,6,7). The van der Waals surface area contributed by atoms with Crippen molar-refractivity contribution in [3.8, 4) is 11.5 Å². The van der Waals surface area contributed by atoms with Gasteiger partial charge in [0.1, 0.15) is 11.5 Å². The zero-order chi connectivity index (χ0) is 17.5. The summed E-state index contributed by atoms with van der Waals surface area (Å²) >= 11 is 0. The second-order valence-electron chi connectivity index (χ2n) is 4.62. The van der Waals surface area contributed by atoms with E-state index < -0.39 is 12.1 Å². The Hall–Kier alpha value is -2.00. The van der Waals surface area contributed by atoms with E-state index in [9.17, 15) is 13.2 Å². The van der Waals surface area contributed by atoms with E-state index in [1.54, 1.807) is 14.2 Å². The molecule has 1 aromatic rings. The molecule has 2 N–H and O–H groups in total. The number of benzene rings is 1. The first kappa shape index (κ1) is 19.0. The normalized spacial score (nSPS) is 14.3. The van der Waals surface area contributed by atoms with Crippen LogP contribution in [0.4, 0.5) is 13.2 Å². The van der Waals surface area contributed by atoms with E-state index in [0.29, 0.717) is 12.7 Å². The third-order valence-electron chi connectivity index (χ3n) is 2.88. The molecule has 9 heteroatoms. The first-order valence-corrected chi connectivity index (χ1v) is 6.60. The minimum atomic E-state index is -5.08. The maximum Gasteiger partial charge on any atom is 0.490 e. The molecule has 0 unspecified atom stereocenters. The van der Waals surface area contributed by atoms with E-state index in [0.717, 1.165) is 30.2 Å². The van der Waals surface area contributed by atoms with Gasteiger partial charge in [-0.05, 0) is 17.7 Å². The van der Waals surface area contributed by atoms with E-state index in [1.165, 1.54) is 0 Å². The SMILES string of the molecule is COc1cc(COC2CNC2)cc(OC)c1.O=C(O)C(F)(F)F.